The molecule has 2 atom stereocenters. The highest BCUT2D eigenvalue weighted by molar-refractivity contribution is 6.06. The number of nitrogens with two attached hydrogens (primary N) is 1. The van der Waals surface area contributed by atoms with Gasteiger partial charge in [-0.3, -0.25) is 14.7 Å². The molecule has 1 aromatic carbocycles. The van der Waals surface area contributed by atoms with Crippen LogP contribution in [0.15, 0.2) is 24.4 Å². The van der Waals surface area contributed by atoms with Crippen molar-refractivity contribution in [2.75, 3.05) is 6.54 Å². The zero-order valence-electron chi connectivity index (χ0n) is 11.9. The topological polar surface area (TPSA) is 92.1 Å². The molecule has 3 N–H and O–H groups in total. The lowest BCUT2D eigenvalue weighted by Crippen LogP contribution is -2.48. The number of likely N-dealkylation sites (tertiary alicyclic amines) is 1. The van der Waals surface area contributed by atoms with Crippen LogP contribution in [0.3, 0.4) is 0 Å². The molecule has 6 heteroatoms. The summed E-state index contributed by atoms with van der Waals surface area (Å²) in [5.41, 5.74) is 6.84. The van der Waals surface area contributed by atoms with Crippen LogP contribution in [0.1, 0.15) is 30.1 Å². The molecule has 1 aliphatic rings. The fourth-order valence-electron chi connectivity index (χ4n) is 2.93. The quantitative estimate of drug-likeness (QED) is 0.871. The van der Waals surface area contributed by atoms with Gasteiger partial charge in [0.05, 0.1) is 23.2 Å². The Morgan fingerprint density at radius 1 is 1.38 bits per heavy atom. The smallest absolute Gasteiger partial charge is 0.254 e. The Morgan fingerprint density at radius 3 is 2.95 bits per heavy atom. The molecule has 2 amide bonds. The predicted octanol–water partition coefficient (Wildman–Crippen LogP) is 1.29. The van der Waals surface area contributed by atoms with Gasteiger partial charge in [-0.1, -0.05) is 6.07 Å². The van der Waals surface area contributed by atoms with Crippen LogP contribution >= 0.6 is 0 Å². The molecule has 0 radical (unpaired) electrons. The first kappa shape index (κ1) is 13.6. The number of fused-ring (bicyclic) bond motifs is 1. The third-order valence-corrected chi connectivity index (χ3v) is 4.26. The number of nitrogens with one attached hydrogen (secondary N) is 1. The van der Waals surface area contributed by atoms with Crippen molar-refractivity contribution in [2.24, 2.45) is 11.7 Å². The van der Waals surface area contributed by atoms with Gasteiger partial charge in [0.2, 0.25) is 5.91 Å². The average molecular weight is 286 g/mol. The van der Waals surface area contributed by atoms with Crippen molar-refractivity contribution in [1.82, 2.24) is 15.1 Å². The first-order valence-electron chi connectivity index (χ1n) is 7.10. The van der Waals surface area contributed by atoms with Crippen LogP contribution in [0, 0.1) is 5.92 Å². The summed E-state index contributed by atoms with van der Waals surface area (Å²) in [4.78, 5) is 26.0. The van der Waals surface area contributed by atoms with E-state index in [1.807, 2.05) is 19.1 Å². The molecule has 2 aromatic rings. The lowest BCUT2D eigenvalue weighted by Gasteiger charge is -2.37. The summed E-state index contributed by atoms with van der Waals surface area (Å²) in [7, 11) is 0. The van der Waals surface area contributed by atoms with Crippen LogP contribution in [-0.2, 0) is 4.79 Å². The molecule has 2 heterocycles. The molecule has 1 fully saturated rings. The highest BCUT2D eigenvalue weighted by Gasteiger charge is 2.32. The van der Waals surface area contributed by atoms with E-state index in [9.17, 15) is 9.59 Å². The van der Waals surface area contributed by atoms with Crippen molar-refractivity contribution in [1.29, 1.82) is 0 Å². The molecule has 1 saturated heterocycles. The van der Waals surface area contributed by atoms with E-state index in [-0.39, 0.29) is 23.8 Å². The van der Waals surface area contributed by atoms with Gasteiger partial charge in [-0.25, -0.2) is 0 Å². The van der Waals surface area contributed by atoms with E-state index in [0.29, 0.717) is 12.1 Å². The maximum Gasteiger partial charge on any atom is 0.254 e. The van der Waals surface area contributed by atoms with Gasteiger partial charge in [0.25, 0.3) is 5.91 Å². The second-order valence-electron chi connectivity index (χ2n) is 5.62. The minimum absolute atomic E-state index is 0.0690. The van der Waals surface area contributed by atoms with E-state index in [2.05, 4.69) is 10.2 Å². The fraction of sp³-hybridized carbons (Fsp3) is 0.400. The molecule has 0 spiro atoms. The van der Waals surface area contributed by atoms with Gasteiger partial charge in [0.1, 0.15) is 0 Å². The van der Waals surface area contributed by atoms with Crippen molar-refractivity contribution < 1.29 is 9.59 Å². The zero-order chi connectivity index (χ0) is 15.0. The van der Waals surface area contributed by atoms with Crippen molar-refractivity contribution >= 4 is 22.7 Å². The van der Waals surface area contributed by atoms with Crippen LogP contribution in [0.2, 0.25) is 0 Å². The summed E-state index contributed by atoms with van der Waals surface area (Å²) >= 11 is 0. The largest absolute Gasteiger partial charge is 0.369 e. The lowest BCUT2D eigenvalue weighted by molar-refractivity contribution is -0.123. The lowest BCUT2D eigenvalue weighted by atomic mass is 9.92. The molecular formula is C15H18N4O2. The summed E-state index contributed by atoms with van der Waals surface area (Å²) in [5, 5.41) is 7.64. The number of primary amides is 1. The maximum absolute atomic E-state index is 12.8. The molecule has 21 heavy (non-hydrogen) atoms. The van der Waals surface area contributed by atoms with E-state index in [0.717, 1.165) is 23.7 Å². The molecule has 3 rings (SSSR count). The fourth-order valence-corrected chi connectivity index (χ4v) is 2.93. The number of hydrogen-bond donors (Lipinski definition) is 2. The third kappa shape index (κ3) is 2.37. The van der Waals surface area contributed by atoms with E-state index in [1.165, 1.54) is 0 Å². The van der Waals surface area contributed by atoms with Gasteiger partial charge in [-0.2, -0.15) is 5.10 Å². The summed E-state index contributed by atoms with van der Waals surface area (Å²) < 4.78 is 0. The molecule has 0 unspecified atom stereocenters. The van der Waals surface area contributed by atoms with Gasteiger partial charge in [-0.15, -0.1) is 0 Å². The zero-order valence-corrected chi connectivity index (χ0v) is 11.9. The van der Waals surface area contributed by atoms with Crippen LogP contribution in [0.4, 0.5) is 0 Å². The molecule has 0 saturated carbocycles. The van der Waals surface area contributed by atoms with Crippen LogP contribution < -0.4 is 5.73 Å². The van der Waals surface area contributed by atoms with Gasteiger partial charge in [-0.05, 0) is 31.9 Å². The Hall–Kier alpha value is -2.37. The second-order valence-corrected chi connectivity index (χ2v) is 5.62. The molecule has 0 aliphatic carbocycles. The summed E-state index contributed by atoms with van der Waals surface area (Å²) in [6, 6.07) is 5.61. The van der Waals surface area contributed by atoms with Gasteiger partial charge in [0.15, 0.2) is 0 Å². The van der Waals surface area contributed by atoms with Gasteiger partial charge >= 0.3 is 0 Å². The average Bonchev–Trinajstić information content (AvgIpc) is 2.95. The monoisotopic (exact) mass is 286 g/mol. The van der Waals surface area contributed by atoms with Gasteiger partial charge in [0, 0.05) is 18.0 Å². The van der Waals surface area contributed by atoms with Crippen molar-refractivity contribution in [3.8, 4) is 0 Å². The number of aromatic nitrogens is 2. The van der Waals surface area contributed by atoms with Crippen molar-refractivity contribution in [2.45, 2.75) is 25.8 Å². The van der Waals surface area contributed by atoms with E-state index in [4.69, 9.17) is 5.73 Å². The molecule has 110 valence electrons. The Kier molecular flexibility index (Phi) is 3.37. The Balaban J connectivity index is 1.93. The van der Waals surface area contributed by atoms with Crippen molar-refractivity contribution in [3.63, 3.8) is 0 Å². The molecule has 6 nitrogen and oxygen atoms in total. The normalized spacial score (nSPS) is 22.4. The number of hydrogen-bond acceptors (Lipinski definition) is 3. The first-order chi connectivity index (χ1) is 10.1. The number of amides is 2. The number of carbonyl (C=O) groups excluding carboxylic acids is 2. The molecular weight excluding hydrogens is 268 g/mol. The van der Waals surface area contributed by atoms with Crippen LogP contribution in [-0.4, -0.2) is 39.5 Å². The van der Waals surface area contributed by atoms with Crippen LogP contribution in [0.25, 0.3) is 10.9 Å². The number of piperidine rings is 1. The highest BCUT2D eigenvalue weighted by atomic mass is 16.2. The number of aromatic amines is 1. The minimum Gasteiger partial charge on any atom is -0.369 e. The van der Waals surface area contributed by atoms with Crippen LogP contribution in [0.5, 0.6) is 0 Å². The molecule has 0 bridgehead atoms. The Bertz CT molecular complexity index is 694. The number of benzene rings is 1. The van der Waals surface area contributed by atoms with Gasteiger partial charge < -0.3 is 10.6 Å². The summed E-state index contributed by atoms with van der Waals surface area (Å²) in [6.07, 6.45) is 3.19. The van der Waals surface area contributed by atoms with E-state index >= 15 is 0 Å². The molecule has 1 aromatic heterocycles. The van der Waals surface area contributed by atoms with E-state index < -0.39 is 0 Å². The maximum atomic E-state index is 12.8. The number of H-pyrrole nitrogens is 1. The Morgan fingerprint density at radius 2 is 2.19 bits per heavy atom. The number of carbonyl (C=O) groups is 2. The second kappa shape index (κ2) is 5.20. The summed E-state index contributed by atoms with van der Waals surface area (Å²) in [5.74, 6) is -0.657. The Labute approximate surface area is 122 Å². The number of nitrogens with zero attached hydrogens (tertiary/aromatic N) is 2. The molecule has 1 aliphatic heterocycles. The van der Waals surface area contributed by atoms with E-state index in [1.54, 1.807) is 17.2 Å². The first-order valence-corrected chi connectivity index (χ1v) is 7.10. The highest BCUT2D eigenvalue weighted by Crippen LogP contribution is 2.25. The summed E-state index contributed by atoms with van der Waals surface area (Å²) in [6.45, 7) is 2.40. The van der Waals surface area contributed by atoms with Crippen molar-refractivity contribution in [3.05, 3.63) is 30.0 Å². The minimum atomic E-state index is -0.332. The third-order valence-electron chi connectivity index (χ3n) is 4.26. The SMILES string of the molecule is C[C@@H]1CC[C@@H](C(N)=O)CN1C(=O)c1cccc2[nH]ncc12. The standard InChI is InChI=1S/C15H18N4O2/c1-9-5-6-10(14(16)20)8-19(9)15(21)11-3-2-4-13-12(11)7-17-18-13/h2-4,7,9-10H,5-6,8H2,1H3,(H2,16,20)(H,17,18)/t9-,10-/m1/s1. The predicted molar refractivity (Wildman–Crippen MR) is 78.5 cm³/mol. The number of rotatable bonds is 2.